The normalized spacial score (nSPS) is 30.8. The molecule has 2 aromatic rings. The number of carbonyl (C=O) groups excluding carboxylic acids is 1. The molecule has 0 spiro atoms. The molecule has 0 saturated carbocycles. The van der Waals surface area contributed by atoms with Gasteiger partial charge in [0.05, 0.1) is 0 Å². The van der Waals surface area contributed by atoms with Crippen LogP contribution in [0.2, 0.25) is 0 Å². The largest absolute Gasteiger partial charge is 0.361 e. The molecule has 116 valence electrons. The number of rotatable bonds is 4. The SMILES string of the molecule is CCC[C@@]1(C(=O)c2ccc3cc[nH]c3c2)CC[C@@H]2CCC1N2. The third-order valence-electron chi connectivity index (χ3n) is 5.81. The second-order valence-corrected chi connectivity index (χ2v) is 7.05. The predicted octanol–water partition coefficient (Wildman–Crippen LogP) is 4.05. The van der Waals surface area contributed by atoms with Crippen molar-refractivity contribution >= 4 is 16.7 Å². The second-order valence-electron chi connectivity index (χ2n) is 7.05. The first kappa shape index (κ1) is 14.0. The number of nitrogens with one attached hydrogen (secondary N) is 2. The van der Waals surface area contributed by atoms with E-state index < -0.39 is 0 Å². The highest BCUT2D eigenvalue weighted by Crippen LogP contribution is 2.46. The molecule has 2 bridgehead atoms. The lowest BCUT2D eigenvalue weighted by Gasteiger charge is -2.42. The third-order valence-corrected chi connectivity index (χ3v) is 5.81. The first-order valence-electron chi connectivity index (χ1n) is 8.61. The Morgan fingerprint density at radius 3 is 3.05 bits per heavy atom. The Morgan fingerprint density at radius 1 is 1.27 bits per heavy atom. The Kier molecular flexibility index (Phi) is 3.33. The maximum absolute atomic E-state index is 13.4. The summed E-state index contributed by atoms with van der Waals surface area (Å²) < 4.78 is 0. The van der Waals surface area contributed by atoms with Crippen molar-refractivity contribution in [3.8, 4) is 0 Å². The minimum absolute atomic E-state index is 0.192. The molecule has 1 unspecified atom stereocenters. The van der Waals surface area contributed by atoms with Gasteiger partial charge in [0.2, 0.25) is 0 Å². The lowest BCUT2D eigenvalue weighted by atomic mass is 9.67. The summed E-state index contributed by atoms with van der Waals surface area (Å²) in [6.07, 6.45) is 8.58. The number of aromatic amines is 1. The number of fused-ring (bicyclic) bond motifs is 3. The van der Waals surface area contributed by atoms with E-state index >= 15 is 0 Å². The molecule has 1 aromatic heterocycles. The Bertz CT molecular complexity index is 704. The van der Waals surface area contributed by atoms with Crippen molar-refractivity contribution in [3.05, 3.63) is 36.0 Å². The van der Waals surface area contributed by atoms with Crippen molar-refractivity contribution in [3.63, 3.8) is 0 Å². The summed E-state index contributed by atoms with van der Waals surface area (Å²) >= 11 is 0. The molecular weight excluding hydrogens is 272 g/mol. The van der Waals surface area contributed by atoms with Gasteiger partial charge in [-0.1, -0.05) is 25.5 Å². The number of piperidine rings is 1. The van der Waals surface area contributed by atoms with Crippen LogP contribution < -0.4 is 5.32 Å². The van der Waals surface area contributed by atoms with Crippen LogP contribution in [-0.4, -0.2) is 22.9 Å². The highest BCUT2D eigenvalue weighted by molar-refractivity contribution is 6.03. The molecule has 0 amide bonds. The van der Waals surface area contributed by atoms with Crippen LogP contribution >= 0.6 is 0 Å². The Balaban J connectivity index is 1.73. The average Bonchev–Trinajstić information content (AvgIpc) is 3.16. The molecule has 2 aliphatic rings. The van der Waals surface area contributed by atoms with Gasteiger partial charge in [-0.25, -0.2) is 0 Å². The summed E-state index contributed by atoms with van der Waals surface area (Å²) in [7, 11) is 0. The fourth-order valence-corrected chi connectivity index (χ4v) is 4.70. The Labute approximate surface area is 131 Å². The summed E-state index contributed by atoms with van der Waals surface area (Å²) in [5, 5.41) is 4.89. The molecule has 3 heteroatoms. The summed E-state index contributed by atoms with van der Waals surface area (Å²) in [6.45, 7) is 2.20. The van der Waals surface area contributed by atoms with Crippen LogP contribution in [0.5, 0.6) is 0 Å². The van der Waals surface area contributed by atoms with Crippen LogP contribution in [0, 0.1) is 5.41 Å². The number of hydrogen-bond acceptors (Lipinski definition) is 2. The standard InChI is InChI=1S/C19H24N2O/c1-2-9-19(10-7-15-5-6-17(19)21-15)18(22)14-4-3-13-8-11-20-16(13)12-14/h3-4,8,11-12,15,17,20-21H,2,5-7,9-10H2,1H3/t15-,17?,19+/m0/s1. The number of benzene rings is 1. The van der Waals surface area contributed by atoms with E-state index in [1.165, 1.54) is 11.8 Å². The van der Waals surface area contributed by atoms with Gasteiger partial charge in [-0.3, -0.25) is 4.79 Å². The van der Waals surface area contributed by atoms with Gasteiger partial charge < -0.3 is 10.3 Å². The molecule has 2 aliphatic heterocycles. The van der Waals surface area contributed by atoms with Crippen molar-refractivity contribution in [2.75, 3.05) is 0 Å². The number of hydrogen-bond donors (Lipinski definition) is 2. The molecule has 4 rings (SSSR count). The monoisotopic (exact) mass is 296 g/mol. The van der Waals surface area contributed by atoms with Gasteiger partial charge in [0, 0.05) is 34.8 Å². The molecule has 1 aromatic carbocycles. The summed E-state index contributed by atoms with van der Waals surface area (Å²) in [5.74, 6) is 0.351. The summed E-state index contributed by atoms with van der Waals surface area (Å²) in [6, 6.07) is 9.18. The van der Waals surface area contributed by atoms with E-state index in [4.69, 9.17) is 0 Å². The number of aromatic nitrogens is 1. The quantitative estimate of drug-likeness (QED) is 0.836. The second kappa shape index (κ2) is 5.24. The molecule has 2 fully saturated rings. The van der Waals surface area contributed by atoms with Gasteiger partial charge in [0.15, 0.2) is 5.78 Å². The maximum Gasteiger partial charge on any atom is 0.170 e. The smallest absolute Gasteiger partial charge is 0.170 e. The first-order chi connectivity index (χ1) is 10.7. The number of Topliss-reactive ketones (excluding diaryl/α,β-unsaturated/α-hetero) is 1. The Morgan fingerprint density at radius 2 is 2.18 bits per heavy atom. The van der Waals surface area contributed by atoms with Gasteiger partial charge in [-0.2, -0.15) is 0 Å². The van der Waals surface area contributed by atoms with Crippen LogP contribution in [0.3, 0.4) is 0 Å². The minimum atomic E-state index is -0.192. The van der Waals surface area contributed by atoms with Gasteiger partial charge in [0.25, 0.3) is 0 Å². The van der Waals surface area contributed by atoms with Crippen molar-refractivity contribution in [1.29, 1.82) is 0 Å². The zero-order chi connectivity index (χ0) is 15.2. The van der Waals surface area contributed by atoms with Crippen LogP contribution in [0.4, 0.5) is 0 Å². The van der Waals surface area contributed by atoms with E-state index in [0.29, 0.717) is 17.9 Å². The number of carbonyl (C=O) groups is 1. The minimum Gasteiger partial charge on any atom is -0.361 e. The van der Waals surface area contributed by atoms with Gasteiger partial charge >= 0.3 is 0 Å². The molecule has 2 saturated heterocycles. The van der Waals surface area contributed by atoms with E-state index in [0.717, 1.165) is 43.2 Å². The zero-order valence-electron chi connectivity index (χ0n) is 13.2. The molecule has 2 N–H and O–H groups in total. The van der Waals surface area contributed by atoms with E-state index in [9.17, 15) is 4.79 Å². The van der Waals surface area contributed by atoms with Crippen molar-refractivity contribution in [2.24, 2.45) is 5.41 Å². The van der Waals surface area contributed by atoms with Gasteiger partial charge in [-0.05, 0) is 49.6 Å². The molecular formula is C19H24N2O. The molecule has 0 aliphatic carbocycles. The lowest BCUT2D eigenvalue weighted by molar-refractivity contribution is 0.0617. The number of H-pyrrole nitrogens is 1. The summed E-state index contributed by atoms with van der Waals surface area (Å²) in [4.78, 5) is 16.6. The zero-order valence-corrected chi connectivity index (χ0v) is 13.2. The van der Waals surface area contributed by atoms with E-state index in [2.05, 4.69) is 29.4 Å². The van der Waals surface area contributed by atoms with E-state index in [-0.39, 0.29) is 5.41 Å². The fourth-order valence-electron chi connectivity index (χ4n) is 4.70. The van der Waals surface area contributed by atoms with Crippen LogP contribution in [0.15, 0.2) is 30.5 Å². The average molecular weight is 296 g/mol. The molecule has 0 radical (unpaired) electrons. The Hall–Kier alpha value is -1.61. The van der Waals surface area contributed by atoms with E-state index in [1.807, 2.05) is 18.3 Å². The molecule has 3 heterocycles. The van der Waals surface area contributed by atoms with Crippen LogP contribution in [-0.2, 0) is 0 Å². The number of ketones is 1. The van der Waals surface area contributed by atoms with Gasteiger partial charge in [0.1, 0.15) is 0 Å². The lowest BCUT2D eigenvalue weighted by Crippen LogP contribution is -2.52. The van der Waals surface area contributed by atoms with Crippen molar-refractivity contribution in [1.82, 2.24) is 10.3 Å². The molecule has 22 heavy (non-hydrogen) atoms. The van der Waals surface area contributed by atoms with Gasteiger partial charge in [-0.15, -0.1) is 0 Å². The van der Waals surface area contributed by atoms with Crippen molar-refractivity contribution < 1.29 is 4.79 Å². The third kappa shape index (κ3) is 2.03. The van der Waals surface area contributed by atoms with Crippen LogP contribution in [0.25, 0.3) is 10.9 Å². The molecule has 3 nitrogen and oxygen atoms in total. The highest BCUT2D eigenvalue weighted by Gasteiger charge is 2.50. The maximum atomic E-state index is 13.4. The topological polar surface area (TPSA) is 44.9 Å². The molecule has 3 atom stereocenters. The summed E-state index contributed by atoms with van der Waals surface area (Å²) in [5.41, 5.74) is 1.74. The predicted molar refractivity (Wildman–Crippen MR) is 89.1 cm³/mol. The first-order valence-corrected chi connectivity index (χ1v) is 8.61. The fraction of sp³-hybridized carbons (Fsp3) is 0.526. The van der Waals surface area contributed by atoms with Crippen LogP contribution in [0.1, 0.15) is 55.8 Å². The van der Waals surface area contributed by atoms with E-state index in [1.54, 1.807) is 0 Å². The van der Waals surface area contributed by atoms with Crippen molar-refractivity contribution in [2.45, 2.75) is 57.5 Å². The highest BCUT2D eigenvalue weighted by atomic mass is 16.1.